The molecule has 0 atom stereocenters. The molecule has 11 aromatic rings. The number of nitrogens with zero attached hydrogens (tertiary/aromatic N) is 1. The van der Waals surface area contributed by atoms with Gasteiger partial charge in [0.25, 0.3) is 0 Å². The van der Waals surface area contributed by atoms with E-state index in [1.54, 1.807) is 0 Å². The molecule has 61 heavy (non-hydrogen) atoms. The number of hydrogen-bond donors (Lipinski definition) is 0. The van der Waals surface area contributed by atoms with E-state index in [1.165, 1.54) is 22.3 Å². The maximum atomic E-state index is 7.30. The fourth-order valence-electron chi connectivity index (χ4n) is 10.1. The van der Waals surface area contributed by atoms with Crippen LogP contribution in [0.5, 0.6) is 11.5 Å². The van der Waals surface area contributed by atoms with Crippen LogP contribution in [0.1, 0.15) is 22.5 Å². The van der Waals surface area contributed by atoms with Gasteiger partial charge in [-0.2, -0.15) is 0 Å². The van der Waals surface area contributed by atoms with Crippen LogP contribution in [0, 0.1) is 0 Å². The summed E-state index contributed by atoms with van der Waals surface area (Å²) in [6, 6.07) is 75.3. The molecule has 2 aromatic heterocycles. The normalized spacial score (nSPS) is 13.2. The van der Waals surface area contributed by atoms with Crippen molar-refractivity contribution in [3.05, 3.63) is 235 Å². The molecule has 1 aliphatic carbocycles. The van der Waals surface area contributed by atoms with Gasteiger partial charge in [0.2, 0.25) is 0 Å². The summed E-state index contributed by atoms with van der Waals surface area (Å²) < 4.78 is 20.5. The minimum absolute atomic E-state index is 0.696. The Morgan fingerprint density at radius 3 is 1.64 bits per heavy atom. The van der Waals surface area contributed by atoms with Gasteiger partial charge in [0.05, 0.1) is 5.39 Å². The largest absolute Gasteiger partial charge is 0.456 e. The highest BCUT2D eigenvalue weighted by atomic mass is 16.5. The molecule has 3 heterocycles. The predicted molar refractivity (Wildman–Crippen MR) is 246 cm³/mol. The number of hydrogen-bond acceptors (Lipinski definition) is 4. The second-order valence-electron chi connectivity index (χ2n) is 16.0. The summed E-state index contributed by atoms with van der Waals surface area (Å²) in [5.74, 6) is 2.38. The third-order valence-corrected chi connectivity index (χ3v) is 12.7. The zero-order valence-electron chi connectivity index (χ0n) is 32.9. The number of furan rings is 2. The quantitative estimate of drug-likeness (QED) is 0.174. The molecule has 0 fully saturated rings. The molecule has 1 aliphatic heterocycles. The molecular formula is C57H35NO3. The first-order chi connectivity index (χ1) is 30.2. The van der Waals surface area contributed by atoms with E-state index < -0.39 is 5.41 Å². The number of ether oxygens (including phenoxy) is 1. The monoisotopic (exact) mass is 781 g/mol. The van der Waals surface area contributed by atoms with E-state index in [9.17, 15) is 0 Å². The molecular weight excluding hydrogens is 747 g/mol. The summed E-state index contributed by atoms with van der Waals surface area (Å²) in [5, 5.41) is 3.06. The van der Waals surface area contributed by atoms with Gasteiger partial charge in [-0.05, 0) is 105 Å². The summed E-state index contributed by atoms with van der Waals surface area (Å²) in [4.78, 5) is 2.34. The van der Waals surface area contributed by atoms with Crippen LogP contribution >= 0.6 is 0 Å². The average Bonchev–Trinajstić information content (AvgIpc) is 3.98. The number of benzene rings is 9. The van der Waals surface area contributed by atoms with Crippen molar-refractivity contribution in [1.29, 1.82) is 0 Å². The Balaban J connectivity index is 1.07. The average molecular weight is 782 g/mol. The Morgan fingerprint density at radius 2 is 0.918 bits per heavy atom. The van der Waals surface area contributed by atoms with Gasteiger partial charge < -0.3 is 18.5 Å². The van der Waals surface area contributed by atoms with Crippen molar-refractivity contribution in [2.24, 2.45) is 0 Å². The summed E-state index contributed by atoms with van der Waals surface area (Å²) in [7, 11) is 0. The third kappa shape index (κ3) is 4.93. The zero-order chi connectivity index (χ0) is 40.1. The Kier molecular flexibility index (Phi) is 7.19. The van der Waals surface area contributed by atoms with Crippen LogP contribution in [0.2, 0.25) is 0 Å². The van der Waals surface area contributed by atoms with Crippen molar-refractivity contribution < 1.29 is 13.6 Å². The number of para-hydroxylation sites is 2. The maximum Gasteiger partial charge on any atom is 0.178 e. The first kappa shape index (κ1) is 33.8. The molecule has 0 N–H and O–H groups in total. The topological polar surface area (TPSA) is 38.8 Å². The number of anilines is 3. The van der Waals surface area contributed by atoms with Gasteiger partial charge in [-0.15, -0.1) is 0 Å². The Morgan fingerprint density at radius 1 is 0.344 bits per heavy atom. The Hall–Kier alpha value is -8.08. The highest BCUT2D eigenvalue weighted by molar-refractivity contribution is 6.07. The number of rotatable bonds is 5. The lowest BCUT2D eigenvalue weighted by molar-refractivity contribution is 0.389. The molecule has 0 radical (unpaired) electrons. The second-order valence-corrected chi connectivity index (χ2v) is 16.0. The SMILES string of the molecule is c1ccc(-c2cc(-c3ccccc3)cc(N(c3ccc4c5c(oc4c3)C3(c4ccccc4O5)c4ccccc4-c4ccccc43)c3ccc4oc5ccccc5c4c3)c2)cc1. The second kappa shape index (κ2) is 13.0. The van der Waals surface area contributed by atoms with Gasteiger partial charge in [-0.1, -0.05) is 146 Å². The van der Waals surface area contributed by atoms with Gasteiger partial charge in [0.15, 0.2) is 11.5 Å². The van der Waals surface area contributed by atoms with E-state index in [1.807, 2.05) is 12.1 Å². The van der Waals surface area contributed by atoms with Crippen molar-refractivity contribution in [3.8, 4) is 44.9 Å². The molecule has 13 rings (SSSR count). The minimum atomic E-state index is -0.696. The standard InChI is InChI=1S/C57H35NO3/c1-3-15-36(16-4-1)38-31-39(37-17-5-2-6-18-37)33-42(32-38)58(40-28-30-52-47(34-40)45-21-9-13-25-51(45)59-52)41-27-29-46-54(35-41)61-56-55(46)60-53-26-14-12-24-50(53)57(56)48-22-10-7-19-43(48)44-20-8-11-23-49(44)57/h1-35H. The van der Waals surface area contributed by atoms with Gasteiger partial charge >= 0.3 is 0 Å². The van der Waals surface area contributed by atoms with Gasteiger partial charge in [-0.25, -0.2) is 0 Å². The minimum Gasteiger partial charge on any atom is -0.456 e. The van der Waals surface area contributed by atoms with Gasteiger partial charge in [-0.3, -0.25) is 0 Å². The Labute approximate surface area is 352 Å². The smallest absolute Gasteiger partial charge is 0.178 e. The van der Waals surface area contributed by atoms with Gasteiger partial charge in [0, 0.05) is 39.5 Å². The molecule has 0 amide bonds. The summed E-state index contributed by atoms with van der Waals surface area (Å²) in [5.41, 5.74) is 15.2. The lowest BCUT2D eigenvalue weighted by atomic mass is 9.69. The predicted octanol–water partition coefficient (Wildman–Crippen LogP) is 15.6. The fourth-order valence-corrected chi connectivity index (χ4v) is 10.1. The van der Waals surface area contributed by atoms with Crippen LogP contribution in [-0.2, 0) is 5.41 Å². The zero-order valence-corrected chi connectivity index (χ0v) is 32.9. The summed E-state index contributed by atoms with van der Waals surface area (Å²) in [6.07, 6.45) is 0. The molecule has 4 nitrogen and oxygen atoms in total. The fraction of sp³-hybridized carbons (Fsp3) is 0.0175. The first-order valence-corrected chi connectivity index (χ1v) is 20.7. The summed E-state index contributed by atoms with van der Waals surface area (Å²) >= 11 is 0. The van der Waals surface area contributed by atoms with E-state index in [2.05, 4.69) is 205 Å². The maximum absolute atomic E-state index is 7.30. The van der Waals surface area contributed by atoms with Crippen molar-refractivity contribution in [1.82, 2.24) is 0 Å². The summed E-state index contributed by atoms with van der Waals surface area (Å²) in [6.45, 7) is 0. The highest BCUT2D eigenvalue weighted by Crippen LogP contribution is 2.63. The highest BCUT2D eigenvalue weighted by Gasteiger charge is 2.54. The first-order valence-electron chi connectivity index (χ1n) is 20.7. The van der Waals surface area contributed by atoms with Crippen LogP contribution in [0.25, 0.3) is 66.3 Å². The molecule has 0 bridgehead atoms. The molecule has 286 valence electrons. The van der Waals surface area contributed by atoms with Crippen LogP contribution in [-0.4, -0.2) is 0 Å². The van der Waals surface area contributed by atoms with E-state index in [-0.39, 0.29) is 0 Å². The van der Waals surface area contributed by atoms with E-state index in [0.717, 1.165) is 95.0 Å². The molecule has 2 aliphatic rings. The van der Waals surface area contributed by atoms with Crippen LogP contribution in [0.15, 0.2) is 221 Å². The van der Waals surface area contributed by atoms with Crippen molar-refractivity contribution in [2.75, 3.05) is 4.90 Å². The van der Waals surface area contributed by atoms with Crippen LogP contribution < -0.4 is 9.64 Å². The molecule has 0 saturated heterocycles. The van der Waals surface area contributed by atoms with Gasteiger partial charge in [0.1, 0.15) is 27.9 Å². The molecule has 0 unspecified atom stereocenters. The lowest BCUT2D eigenvalue weighted by Gasteiger charge is -2.36. The molecule has 9 aromatic carbocycles. The van der Waals surface area contributed by atoms with Crippen molar-refractivity contribution in [2.45, 2.75) is 5.41 Å². The van der Waals surface area contributed by atoms with E-state index in [0.29, 0.717) is 0 Å². The lowest BCUT2D eigenvalue weighted by Crippen LogP contribution is -2.31. The molecule has 1 spiro atoms. The van der Waals surface area contributed by atoms with Crippen LogP contribution in [0.4, 0.5) is 17.1 Å². The van der Waals surface area contributed by atoms with Crippen molar-refractivity contribution >= 4 is 50.0 Å². The van der Waals surface area contributed by atoms with Crippen LogP contribution in [0.3, 0.4) is 0 Å². The number of fused-ring (bicyclic) bond motifs is 14. The van der Waals surface area contributed by atoms with E-state index >= 15 is 0 Å². The van der Waals surface area contributed by atoms with E-state index in [4.69, 9.17) is 13.6 Å². The molecule has 4 heteroatoms. The third-order valence-electron chi connectivity index (χ3n) is 12.7. The molecule has 0 saturated carbocycles. The van der Waals surface area contributed by atoms with Crippen molar-refractivity contribution in [3.63, 3.8) is 0 Å². The Bertz CT molecular complexity index is 3420.